The molecule has 0 radical (unpaired) electrons. The zero-order chi connectivity index (χ0) is 23.0. The zero-order valence-corrected chi connectivity index (χ0v) is 18.5. The quantitative estimate of drug-likeness (QED) is 0.479. The molecule has 2 N–H and O–H groups in total. The first-order valence-corrected chi connectivity index (χ1v) is 11.2. The molecule has 0 bridgehead atoms. The predicted molar refractivity (Wildman–Crippen MR) is 122 cm³/mol. The Morgan fingerprint density at radius 1 is 0.812 bits per heavy atom. The zero-order valence-electron chi connectivity index (χ0n) is 17.7. The summed E-state index contributed by atoms with van der Waals surface area (Å²) in [6.07, 6.45) is 0.104. The Hall–Kier alpha value is -3.72. The lowest BCUT2D eigenvalue weighted by molar-refractivity contribution is -0.116. The van der Waals surface area contributed by atoms with E-state index >= 15 is 0 Å². The molecule has 3 rings (SSSR count). The van der Waals surface area contributed by atoms with E-state index in [-0.39, 0.29) is 23.8 Å². The molecule has 3 aromatic carbocycles. The van der Waals surface area contributed by atoms with Gasteiger partial charge < -0.3 is 19.5 Å². The second-order valence-corrected chi connectivity index (χ2v) is 8.37. The van der Waals surface area contributed by atoms with Gasteiger partial charge in [-0.05, 0) is 66.7 Å². The SMILES string of the molecule is COc1ccc(NS(=O)(=O)c2cccc(NC(=O)CCOc3ccc(OC)cc3)c2)cc1. The first kappa shape index (κ1) is 23.0. The highest BCUT2D eigenvalue weighted by Gasteiger charge is 2.15. The lowest BCUT2D eigenvalue weighted by Crippen LogP contribution is -2.16. The van der Waals surface area contributed by atoms with Crippen molar-refractivity contribution in [3.63, 3.8) is 0 Å². The van der Waals surface area contributed by atoms with E-state index in [9.17, 15) is 13.2 Å². The maximum atomic E-state index is 12.7. The Labute approximate surface area is 187 Å². The minimum Gasteiger partial charge on any atom is -0.497 e. The highest BCUT2D eigenvalue weighted by Crippen LogP contribution is 2.21. The van der Waals surface area contributed by atoms with E-state index in [0.29, 0.717) is 28.6 Å². The van der Waals surface area contributed by atoms with Crippen LogP contribution in [0.15, 0.2) is 77.7 Å². The van der Waals surface area contributed by atoms with E-state index in [1.807, 2.05) is 0 Å². The minimum atomic E-state index is -3.83. The molecule has 0 heterocycles. The molecule has 168 valence electrons. The lowest BCUT2D eigenvalue weighted by Gasteiger charge is -2.11. The van der Waals surface area contributed by atoms with Crippen LogP contribution in [0.4, 0.5) is 11.4 Å². The maximum Gasteiger partial charge on any atom is 0.261 e. The molecule has 0 spiro atoms. The summed E-state index contributed by atoms with van der Waals surface area (Å²) in [6.45, 7) is 0.176. The van der Waals surface area contributed by atoms with Crippen molar-refractivity contribution in [2.75, 3.05) is 30.9 Å². The van der Waals surface area contributed by atoms with Crippen molar-refractivity contribution in [1.29, 1.82) is 0 Å². The summed E-state index contributed by atoms with van der Waals surface area (Å²) in [5.74, 6) is 1.66. The molecule has 3 aromatic rings. The fourth-order valence-electron chi connectivity index (χ4n) is 2.77. The molecule has 0 aliphatic heterocycles. The number of rotatable bonds is 10. The van der Waals surface area contributed by atoms with Gasteiger partial charge in [0.15, 0.2) is 0 Å². The van der Waals surface area contributed by atoms with Gasteiger partial charge in [0.1, 0.15) is 17.2 Å². The number of methoxy groups -OCH3 is 2. The maximum absolute atomic E-state index is 12.7. The van der Waals surface area contributed by atoms with Crippen LogP contribution in [0.5, 0.6) is 17.2 Å². The predicted octanol–water partition coefficient (Wildman–Crippen LogP) is 3.91. The summed E-state index contributed by atoms with van der Waals surface area (Å²) in [5, 5.41) is 2.69. The normalized spacial score (nSPS) is 10.8. The Morgan fingerprint density at radius 2 is 1.41 bits per heavy atom. The van der Waals surface area contributed by atoms with E-state index in [1.165, 1.54) is 19.2 Å². The van der Waals surface area contributed by atoms with E-state index in [0.717, 1.165) is 0 Å². The number of ether oxygens (including phenoxy) is 3. The van der Waals surface area contributed by atoms with E-state index < -0.39 is 10.0 Å². The molecule has 0 unspecified atom stereocenters. The van der Waals surface area contributed by atoms with Crippen LogP contribution in [-0.4, -0.2) is 35.2 Å². The number of carbonyl (C=O) groups excluding carboxylic acids is 1. The van der Waals surface area contributed by atoms with Crippen molar-refractivity contribution < 1.29 is 27.4 Å². The summed E-state index contributed by atoms with van der Waals surface area (Å²) in [5.41, 5.74) is 0.771. The van der Waals surface area contributed by atoms with Crippen LogP contribution in [-0.2, 0) is 14.8 Å². The topological polar surface area (TPSA) is 103 Å². The number of benzene rings is 3. The van der Waals surface area contributed by atoms with Gasteiger partial charge in [-0.1, -0.05) is 6.07 Å². The lowest BCUT2D eigenvalue weighted by atomic mass is 10.3. The van der Waals surface area contributed by atoms with Crippen molar-refractivity contribution in [3.05, 3.63) is 72.8 Å². The number of amides is 1. The largest absolute Gasteiger partial charge is 0.497 e. The van der Waals surface area contributed by atoms with Gasteiger partial charge >= 0.3 is 0 Å². The van der Waals surface area contributed by atoms with Crippen molar-refractivity contribution in [1.82, 2.24) is 0 Å². The molecule has 0 aliphatic rings. The van der Waals surface area contributed by atoms with E-state index in [1.54, 1.807) is 67.8 Å². The number of carbonyl (C=O) groups is 1. The van der Waals surface area contributed by atoms with Gasteiger partial charge in [-0.15, -0.1) is 0 Å². The van der Waals surface area contributed by atoms with Crippen molar-refractivity contribution >= 4 is 27.3 Å². The summed E-state index contributed by atoms with van der Waals surface area (Å²) in [6, 6.07) is 19.6. The molecular formula is C23H24N2O6S. The fourth-order valence-corrected chi connectivity index (χ4v) is 3.88. The van der Waals surface area contributed by atoms with Crippen LogP contribution in [0.2, 0.25) is 0 Å². The standard InChI is InChI=1S/C23H24N2O6S/c1-29-19-8-6-17(7-9-19)25-32(27,28)22-5-3-4-18(16-22)24-23(26)14-15-31-21-12-10-20(30-2)11-13-21/h3-13,16,25H,14-15H2,1-2H3,(H,24,26). The Morgan fingerprint density at radius 3 is 2.03 bits per heavy atom. The second kappa shape index (κ2) is 10.5. The molecular weight excluding hydrogens is 432 g/mol. The minimum absolute atomic E-state index is 0.0283. The number of hydrogen-bond donors (Lipinski definition) is 2. The molecule has 1 amide bonds. The van der Waals surface area contributed by atoms with Gasteiger partial charge in [0.05, 0.1) is 32.1 Å². The third-order valence-electron chi connectivity index (χ3n) is 4.43. The first-order chi connectivity index (χ1) is 15.4. The van der Waals surface area contributed by atoms with Gasteiger partial charge in [0.25, 0.3) is 10.0 Å². The average molecular weight is 457 g/mol. The number of hydrogen-bond acceptors (Lipinski definition) is 6. The molecule has 0 saturated carbocycles. The highest BCUT2D eigenvalue weighted by molar-refractivity contribution is 7.92. The Kier molecular flexibility index (Phi) is 7.56. The summed E-state index contributed by atoms with van der Waals surface area (Å²) >= 11 is 0. The highest BCUT2D eigenvalue weighted by atomic mass is 32.2. The van der Waals surface area contributed by atoms with Gasteiger partial charge in [-0.3, -0.25) is 9.52 Å². The molecule has 8 nitrogen and oxygen atoms in total. The smallest absolute Gasteiger partial charge is 0.261 e. The van der Waals surface area contributed by atoms with Gasteiger partial charge in [-0.25, -0.2) is 8.42 Å². The van der Waals surface area contributed by atoms with Crippen molar-refractivity contribution in [3.8, 4) is 17.2 Å². The van der Waals surface area contributed by atoms with Gasteiger partial charge in [0.2, 0.25) is 5.91 Å². The van der Waals surface area contributed by atoms with Crippen LogP contribution in [0.1, 0.15) is 6.42 Å². The molecule has 0 aliphatic carbocycles. The first-order valence-electron chi connectivity index (χ1n) is 9.73. The third kappa shape index (κ3) is 6.39. The van der Waals surface area contributed by atoms with Crippen LogP contribution < -0.4 is 24.2 Å². The van der Waals surface area contributed by atoms with Gasteiger partial charge in [0, 0.05) is 11.4 Å². The Bertz CT molecular complexity index is 1150. The van der Waals surface area contributed by atoms with Crippen LogP contribution >= 0.6 is 0 Å². The summed E-state index contributed by atoms with van der Waals surface area (Å²) in [7, 11) is -0.716. The van der Waals surface area contributed by atoms with E-state index in [4.69, 9.17) is 14.2 Å². The van der Waals surface area contributed by atoms with Crippen molar-refractivity contribution in [2.45, 2.75) is 11.3 Å². The van der Waals surface area contributed by atoms with Crippen LogP contribution in [0, 0.1) is 0 Å². The third-order valence-corrected chi connectivity index (χ3v) is 5.81. The number of anilines is 2. The monoisotopic (exact) mass is 456 g/mol. The van der Waals surface area contributed by atoms with Gasteiger partial charge in [-0.2, -0.15) is 0 Å². The number of sulfonamides is 1. The summed E-state index contributed by atoms with van der Waals surface area (Å²) in [4.78, 5) is 12.3. The van der Waals surface area contributed by atoms with Crippen LogP contribution in [0.3, 0.4) is 0 Å². The molecule has 32 heavy (non-hydrogen) atoms. The van der Waals surface area contributed by atoms with Crippen LogP contribution in [0.25, 0.3) is 0 Å². The molecule has 9 heteroatoms. The summed E-state index contributed by atoms with van der Waals surface area (Å²) < 4.78 is 43.6. The molecule has 0 fully saturated rings. The molecule has 0 atom stereocenters. The number of nitrogens with one attached hydrogen (secondary N) is 2. The second-order valence-electron chi connectivity index (χ2n) is 6.68. The fraction of sp³-hybridized carbons (Fsp3) is 0.174. The van der Waals surface area contributed by atoms with Crippen molar-refractivity contribution in [2.24, 2.45) is 0 Å². The van der Waals surface area contributed by atoms with E-state index in [2.05, 4.69) is 10.0 Å². The Balaban J connectivity index is 1.56. The average Bonchev–Trinajstić information content (AvgIpc) is 2.80. The molecule has 0 saturated heterocycles. The molecule has 0 aromatic heterocycles.